The number of carbonyl (C=O) groups is 3. The molecule has 2 aromatic rings. The summed E-state index contributed by atoms with van der Waals surface area (Å²) in [5, 5.41) is 0. The molecule has 0 atom stereocenters. The minimum atomic E-state index is -0.0830. The molecule has 136 valence electrons. The van der Waals surface area contributed by atoms with Crippen molar-refractivity contribution in [1.29, 1.82) is 0 Å². The van der Waals surface area contributed by atoms with Gasteiger partial charge in [0, 0.05) is 44.6 Å². The van der Waals surface area contributed by atoms with Crippen LogP contribution in [0.5, 0.6) is 0 Å². The second kappa shape index (κ2) is 7.99. The van der Waals surface area contributed by atoms with Crippen molar-refractivity contribution in [3.8, 4) is 0 Å². The molecule has 26 heavy (non-hydrogen) atoms. The van der Waals surface area contributed by atoms with Crippen molar-refractivity contribution in [2.45, 2.75) is 19.8 Å². The van der Waals surface area contributed by atoms with Gasteiger partial charge in [0.1, 0.15) is 6.26 Å². The number of furan rings is 1. The predicted octanol–water partition coefficient (Wildman–Crippen LogP) is 2.54. The van der Waals surface area contributed by atoms with Gasteiger partial charge in [0.05, 0.1) is 11.8 Å². The molecule has 0 unspecified atom stereocenters. The minimum absolute atomic E-state index is 0.0212. The van der Waals surface area contributed by atoms with Crippen molar-refractivity contribution < 1.29 is 18.8 Å². The molecule has 0 aliphatic carbocycles. The van der Waals surface area contributed by atoms with Gasteiger partial charge >= 0.3 is 0 Å². The molecule has 0 radical (unpaired) electrons. The maximum atomic E-state index is 12.3. The van der Waals surface area contributed by atoms with E-state index in [2.05, 4.69) is 0 Å². The fourth-order valence-corrected chi connectivity index (χ4v) is 2.99. The van der Waals surface area contributed by atoms with E-state index < -0.39 is 0 Å². The van der Waals surface area contributed by atoms with Crippen LogP contribution >= 0.6 is 0 Å². The Balaban J connectivity index is 1.45. The molecule has 1 aromatic carbocycles. The Morgan fingerprint density at radius 2 is 1.54 bits per heavy atom. The molecule has 6 heteroatoms. The van der Waals surface area contributed by atoms with E-state index in [9.17, 15) is 14.4 Å². The number of carbonyl (C=O) groups excluding carboxylic acids is 3. The summed E-state index contributed by atoms with van der Waals surface area (Å²) in [6.45, 7) is 3.92. The number of hydrogen-bond donors (Lipinski definition) is 0. The molecule has 1 aliphatic rings. The Morgan fingerprint density at radius 3 is 2.15 bits per heavy atom. The number of rotatable bonds is 5. The highest BCUT2D eigenvalue weighted by atomic mass is 16.3. The smallest absolute Gasteiger partial charge is 0.257 e. The summed E-state index contributed by atoms with van der Waals surface area (Å²) in [6, 6.07) is 9.01. The van der Waals surface area contributed by atoms with Crippen molar-refractivity contribution in [2.75, 3.05) is 26.2 Å². The molecule has 0 spiro atoms. The predicted molar refractivity (Wildman–Crippen MR) is 95.9 cm³/mol. The summed E-state index contributed by atoms with van der Waals surface area (Å²) in [4.78, 5) is 40.2. The Kier molecular flexibility index (Phi) is 5.51. The monoisotopic (exact) mass is 354 g/mol. The molecular weight excluding hydrogens is 332 g/mol. The Bertz CT molecular complexity index is 773. The lowest BCUT2D eigenvalue weighted by molar-refractivity contribution is -0.132. The zero-order valence-corrected chi connectivity index (χ0v) is 14.8. The highest BCUT2D eigenvalue weighted by Crippen LogP contribution is 2.12. The van der Waals surface area contributed by atoms with Crippen molar-refractivity contribution >= 4 is 17.6 Å². The van der Waals surface area contributed by atoms with Crippen molar-refractivity contribution in [3.63, 3.8) is 0 Å². The van der Waals surface area contributed by atoms with Crippen LogP contribution in [-0.2, 0) is 4.79 Å². The lowest BCUT2D eigenvalue weighted by Gasteiger charge is -2.34. The largest absolute Gasteiger partial charge is 0.472 e. The van der Waals surface area contributed by atoms with Gasteiger partial charge in [-0.25, -0.2) is 0 Å². The third-order valence-electron chi connectivity index (χ3n) is 4.63. The van der Waals surface area contributed by atoms with Gasteiger partial charge in [0.25, 0.3) is 5.91 Å². The first kappa shape index (κ1) is 17.9. The van der Waals surface area contributed by atoms with Gasteiger partial charge in [-0.1, -0.05) is 29.8 Å². The number of benzene rings is 1. The number of amides is 2. The van der Waals surface area contributed by atoms with E-state index in [1.165, 1.54) is 12.5 Å². The summed E-state index contributed by atoms with van der Waals surface area (Å²) in [5.41, 5.74) is 2.26. The van der Waals surface area contributed by atoms with Crippen LogP contribution in [-0.4, -0.2) is 53.6 Å². The quantitative estimate of drug-likeness (QED) is 0.774. The van der Waals surface area contributed by atoms with E-state index in [4.69, 9.17) is 4.42 Å². The molecule has 1 fully saturated rings. The van der Waals surface area contributed by atoms with E-state index >= 15 is 0 Å². The summed E-state index contributed by atoms with van der Waals surface area (Å²) in [6.07, 6.45) is 3.30. The fraction of sp³-hybridized carbons (Fsp3) is 0.350. The number of hydrogen-bond acceptors (Lipinski definition) is 4. The molecule has 1 saturated heterocycles. The van der Waals surface area contributed by atoms with E-state index in [-0.39, 0.29) is 30.4 Å². The summed E-state index contributed by atoms with van der Waals surface area (Å²) in [5.74, 6) is -0.145. The minimum Gasteiger partial charge on any atom is -0.472 e. The van der Waals surface area contributed by atoms with Gasteiger partial charge in [-0.05, 0) is 13.0 Å². The van der Waals surface area contributed by atoms with E-state index in [0.29, 0.717) is 37.3 Å². The molecular formula is C20H22N2O4. The standard InChI is InChI=1S/C20H22N2O4/c1-15-2-4-16(5-3-15)18(23)6-7-19(24)21-9-11-22(12-10-21)20(25)17-8-13-26-14-17/h2-5,8,13-14H,6-7,9-12H2,1H3. The molecule has 0 saturated carbocycles. The topological polar surface area (TPSA) is 70.8 Å². The Labute approximate surface area is 152 Å². The maximum absolute atomic E-state index is 12.3. The zero-order chi connectivity index (χ0) is 18.5. The second-order valence-electron chi connectivity index (χ2n) is 6.47. The van der Waals surface area contributed by atoms with Gasteiger partial charge in [-0.2, -0.15) is 0 Å². The highest BCUT2D eigenvalue weighted by molar-refractivity contribution is 5.98. The first-order valence-electron chi connectivity index (χ1n) is 8.74. The average molecular weight is 354 g/mol. The number of ketones is 1. The Hall–Kier alpha value is -2.89. The van der Waals surface area contributed by atoms with Crippen LogP contribution in [0.2, 0.25) is 0 Å². The van der Waals surface area contributed by atoms with Crippen molar-refractivity contribution in [3.05, 3.63) is 59.5 Å². The van der Waals surface area contributed by atoms with Crippen LogP contribution < -0.4 is 0 Å². The molecule has 0 N–H and O–H groups in total. The molecule has 0 bridgehead atoms. The first-order valence-corrected chi connectivity index (χ1v) is 8.74. The second-order valence-corrected chi connectivity index (χ2v) is 6.47. The van der Waals surface area contributed by atoms with Crippen LogP contribution in [0.3, 0.4) is 0 Å². The molecule has 6 nitrogen and oxygen atoms in total. The van der Waals surface area contributed by atoms with Crippen LogP contribution in [0.1, 0.15) is 39.1 Å². The average Bonchev–Trinajstić information content (AvgIpc) is 3.20. The molecule has 1 aromatic heterocycles. The first-order chi connectivity index (χ1) is 12.5. The van der Waals surface area contributed by atoms with E-state index in [1.54, 1.807) is 28.0 Å². The summed E-state index contributed by atoms with van der Waals surface area (Å²) >= 11 is 0. The lowest BCUT2D eigenvalue weighted by atomic mass is 10.0. The van der Waals surface area contributed by atoms with E-state index in [1.807, 2.05) is 19.1 Å². The van der Waals surface area contributed by atoms with Crippen LogP contribution in [0, 0.1) is 6.92 Å². The SMILES string of the molecule is Cc1ccc(C(=O)CCC(=O)N2CCN(C(=O)c3ccoc3)CC2)cc1. The van der Waals surface area contributed by atoms with Gasteiger partial charge in [0.2, 0.25) is 5.91 Å². The number of nitrogens with zero attached hydrogens (tertiary/aromatic N) is 2. The third kappa shape index (κ3) is 4.20. The maximum Gasteiger partial charge on any atom is 0.257 e. The van der Waals surface area contributed by atoms with Crippen molar-refractivity contribution in [1.82, 2.24) is 9.80 Å². The van der Waals surface area contributed by atoms with Crippen LogP contribution in [0.4, 0.5) is 0 Å². The van der Waals surface area contributed by atoms with Crippen LogP contribution in [0.25, 0.3) is 0 Å². The normalized spacial score (nSPS) is 14.3. The zero-order valence-electron chi connectivity index (χ0n) is 14.8. The number of Topliss-reactive ketones (excluding diaryl/α,β-unsaturated/α-hetero) is 1. The summed E-state index contributed by atoms with van der Waals surface area (Å²) < 4.78 is 4.94. The van der Waals surface area contributed by atoms with Gasteiger partial charge in [-0.3, -0.25) is 14.4 Å². The fourth-order valence-electron chi connectivity index (χ4n) is 2.99. The molecule has 3 rings (SSSR count). The van der Waals surface area contributed by atoms with E-state index in [0.717, 1.165) is 5.56 Å². The van der Waals surface area contributed by atoms with Gasteiger partial charge in [-0.15, -0.1) is 0 Å². The van der Waals surface area contributed by atoms with Gasteiger partial charge < -0.3 is 14.2 Å². The lowest BCUT2D eigenvalue weighted by Crippen LogP contribution is -2.50. The van der Waals surface area contributed by atoms with Crippen LogP contribution in [0.15, 0.2) is 47.3 Å². The van der Waals surface area contributed by atoms with Crippen molar-refractivity contribution in [2.24, 2.45) is 0 Å². The van der Waals surface area contributed by atoms with Gasteiger partial charge in [0.15, 0.2) is 5.78 Å². The molecule has 2 heterocycles. The summed E-state index contributed by atoms with van der Waals surface area (Å²) in [7, 11) is 0. The molecule has 1 aliphatic heterocycles. The highest BCUT2D eigenvalue weighted by Gasteiger charge is 2.25. The number of piperazine rings is 1. The Morgan fingerprint density at radius 1 is 0.885 bits per heavy atom. The number of aryl methyl sites for hydroxylation is 1. The molecule has 2 amide bonds. The third-order valence-corrected chi connectivity index (χ3v) is 4.63.